The van der Waals surface area contributed by atoms with E-state index in [1.54, 1.807) is 0 Å². The van der Waals surface area contributed by atoms with Crippen molar-refractivity contribution in [1.29, 1.82) is 0 Å². The maximum atomic E-state index is 12.8. The number of carbonyl (C=O) groups is 4. The summed E-state index contributed by atoms with van der Waals surface area (Å²) in [6.07, 6.45) is 3.29. The van der Waals surface area contributed by atoms with Crippen molar-refractivity contribution in [2.75, 3.05) is 6.54 Å². The lowest BCUT2D eigenvalue weighted by Crippen LogP contribution is -2.44. The lowest BCUT2D eigenvalue weighted by atomic mass is 9.81. The molecule has 0 spiro atoms. The van der Waals surface area contributed by atoms with Crippen LogP contribution in [0.1, 0.15) is 37.7 Å². The number of rotatable bonds is 5. The van der Waals surface area contributed by atoms with E-state index in [2.05, 4.69) is 10.9 Å². The van der Waals surface area contributed by atoms with Crippen LogP contribution in [0.15, 0.2) is 24.3 Å². The Hall–Kier alpha value is -2.77. The van der Waals surface area contributed by atoms with Gasteiger partial charge in [0.25, 0.3) is 0 Å². The second-order valence-electron chi connectivity index (χ2n) is 6.98. The number of carbonyl (C=O) groups excluding carboxylic acids is 4. The summed E-state index contributed by atoms with van der Waals surface area (Å²) >= 11 is 0. The van der Waals surface area contributed by atoms with Crippen LogP contribution in [0.4, 0.5) is 4.39 Å². The third kappa shape index (κ3) is 4.50. The highest BCUT2D eigenvalue weighted by Gasteiger charge is 2.47. The van der Waals surface area contributed by atoms with E-state index in [4.69, 9.17) is 0 Å². The predicted octanol–water partition coefficient (Wildman–Crippen LogP) is 1.08. The number of hydrazine groups is 1. The van der Waals surface area contributed by atoms with Gasteiger partial charge >= 0.3 is 0 Å². The van der Waals surface area contributed by atoms with Crippen molar-refractivity contribution in [2.45, 2.75) is 38.5 Å². The van der Waals surface area contributed by atoms with Crippen LogP contribution in [-0.4, -0.2) is 35.1 Å². The normalized spacial score (nSPS) is 21.7. The quantitative estimate of drug-likeness (QED) is 0.595. The molecule has 1 aliphatic carbocycles. The van der Waals surface area contributed by atoms with E-state index in [1.165, 1.54) is 29.2 Å². The molecule has 2 aliphatic rings. The molecule has 0 radical (unpaired) electrons. The van der Waals surface area contributed by atoms with E-state index < -0.39 is 17.6 Å². The smallest absolute Gasteiger partial charge is 0.242 e. The van der Waals surface area contributed by atoms with Gasteiger partial charge in [-0.2, -0.15) is 0 Å². The highest BCUT2D eigenvalue weighted by molar-refractivity contribution is 6.05. The highest BCUT2D eigenvalue weighted by atomic mass is 19.1. The number of imide groups is 1. The number of nitrogens with one attached hydrogen (secondary N) is 2. The summed E-state index contributed by atoms with van der Waals surface area (Å²) in [7, 11) is 0. The standard InChI is InChI=1S/C19H22FN3O4/c20-13-7-5-12(6-8-13)11-17(25)22-21-16(24)9-10-23-18(26)14-3-1-2-4-15(14)19(23)27/h5-8,14-15H,1-4,9-11H2,(H,21,24)(H,22,25)/t14-,15-/m1/s1. The molecule has 2 atom stereocenters. The zero-order valence-corrected chi connectivity index (χ0v) is 14.9. The van der Waals surface area contributed by atoms with E-state index >= 15 is 0 Å². The van der Waals surface area contributed by atoms with E-state index in [9.17, 15) is 23.6 Å². The summed E-state index contributed by atoms with van der Waals surface area (Å²) in [6, 6.07) is 5.48. The van der Waals surface area contributed by atoms with E-state index in [0.717, 1.165) is 25.7 Å². The third-order valence-corrected chi connectivity index (χ3v) is 5.11. The van der Waals surface area contributed by atoms with Gasteiger partial charge in [-0.25, -0.2) is 4.39 Å². The number of benzene rings is 1. The van der Waals surface area contributed by atoms with Gasteiger partial charge in [-0.05, 0) is 30.5 Å². The van der Waals surface area contributed by atoms with Crippen molar-refractivity contribution in [3.05, 3.63) is 35.6 Å². The van der Waals surface area contributed by atoms with Gasteiger partial charge in [0.15, 0.2) is 0 Å². The van der Waals surface area contributed by atoms with E-state index in [0.29, 0.717) is 5.56 Å². The first-order valence-corrected chi connectivity index (χ1v) is 9.13. The minimum Gasteiger partial charge on any atom is -0.282 e. The molecule has 144 valence electrons. The van der Waals surface area contributed by atoms with Crippen LogP contribution in [0, 0.1) is 17.7 Å². The summed E-state index contributed by atoms with van der Waals surface area (Å²) < 4.78 is 12.8. The largest absolute Gasteiger partial charge is 0.282 e. The summed E-state index contributed by atoms with van der Waals surface area (Å²) in [6.45, 7) is 0.0182. The molecular formula is C19H22FN3O4. The monoisotopic (exact) mass is 375 g/mol. The topological polar surface area (TPSA) is 95.6 Å². The van der Waals surface area contributed by atoms with Crippen LogP contribution in [0.5, 0.6) is 0 Å². The molecule has 1 aromatic rings. The molecule has 1 saturated carbocycles. The number of likely N-dealkylation sites (tertiary alicyclic amines) is 1. The lowest BCUT2D eigenvalue weighted by molar-refractivity contribution is -0.140. The first-order valence-electron chi connectivity index (χ1n) is 9.13. The number of hydrogen-bond donors (Lipinski definition) is 2. The third-order valence-electron chi connectivity index (χ3n) is 5.11. The molecule has 1 aliphatic heterocycles. The number of fused-ring (bicyclic) bond motifs is 1. The molecular weight excluding hydrogens is 353 g/mol. The van der Waals surface area contributed by atoms with Gasteiger partial charge in [-0.15, -0.1) is 0 Å². The second kappa shape index (κ2) is 8.28. The first kappa shape index (κ1) is 19.0. The van der Waals surface area contributed by atoms with Crippen molar-refractivity contribution in [3.8, 4) is 0 Å². The molecule has 3 rings (SSSR count). The van der Waals surface area contributed by atoms with Crippen molar-refractivity contribution >= 4 is 23.6 Å². The summed E-state index contributed by atoms with van der Waals surface area (Å²) in [5, 5.41) is 0. The molecule has 2 fully saturated rings. The Morgan fingerprint density at radius 1 is 0.963 bits per heavy atom. The molecule has 1 heterocycles. The number of hydrogen-bond acceptors (Lipinski definition) is 4. The molecule has 27 heavy (non-hydrogen) atoms. The van der Waals surface area contributed by atoms with Gasteiger partial charge in [0, 0.05) is 13.0 Å². The minimum atomic E-state index is -0.488. The van der Waals surface area contributed by atoms with Gasteiger partial charge in [0.1, 0.15) is 5.82 Å². The minimum absolute atomic E-state index is 0.00693. The Bertz CT molecular complexity index is 726. The van der Waals surface area contributed by atoms with Crippen molar-refractivity contribution < 1.29 is 23.6 Å². The van der Waals surface area contributed by atoms with Gasteiger partial charge in [-0.1, -0.05) is 25.0 Å². The van der Waals surface area contributed by atoms with Crippen LogP contribution in [0.2, 0.25) is 0 Å². The SMILES string of the molecule is O=C(CCN1C(=O)[C@@H]2CCCC[C@H]2C1=O)NNC(=O)Cc1ccc(F)cc1. The van der Waals surface area contributed by atoms with E-state index in [-0.39, 0.29) is 43.0 Å². The zero-order valence-electron chi connectivity index (χ0n) is 14.9. The van der Waals surface area contributed by atoms with Gasteiger partial charge < -0.3 is 0 Å². The molecule has 0 bridgehead atoms. The molecule has 1 saturated heterocycles. The second-order valence-corrected chi connectivity index (χ2v) is 6.98. The van der Waals surface area contributed by atoms with Crippen molar-refractivity contribution in [3.63, 3.8) is 0 Å². The number of amides is 4. The summed E-state index contributed by atoms with van der Waals surface area (Å²) in [5.74, 6) is -2.16. The Balaban J connectivity index is 1.42. The maximum Gasteiger partial charge on any atom is 0.242 e. The fourth-order valence-electron chi connectivity index (χ4n) is 3.70. The van der Waals surface area contributed by atoms with Crippen molar-refractivity contribution in [2.24, 2.45) is 11.8 Å². The average Bonchev–Trinajstić information content (AvgIpc) is 2.91. The van der Waals surface area contributed by atoms with Crippen LogP contribution < -0.4 is 10.9 Å². The fourth-order valence-corrected chi connectivity index (χ4v) is 3.70. The number of halogens is 1. The Kier molecular flexibility index (Phi) is 5.83. The van der Waals surface area contributed by atoms with Gasteiger partial charge in [-0.3, -0.25) is 34.9 Å². The Morgan fingerprint density at radius 2 is 1.52 bits per heavy atom. The Morgan fingerprint density at radius 3 is 2.11 bits per heavy atom. The molecule has 4 amide bonds. The van der Waals surface area contributed by atoms with E-state index in [1.807, 2.05) is 0 Å². The van der Waals surface area contributed by atoms with Crippen LogP contribution in [0.25, 0.3) is 0 Å². The van der Waals surface area contributed by atoms with Crippen LogP contribution in [-0.2, 0) is 25.6 Å². The fraction of sp³-hybridized carbons (Fsp3) is 0.474. The maximum absolute atomic E-state index is 12.8. The zero-order chi connectivity index (χ0) is 19.4. The van der Waals surface area contributed by atoms with Crippen LogP contribution in [0.3, 0.4) is 0 Å². The van der Waals surface area contributed by atoms with Gasteiger partial charge in [0.05, 0.1) is 18.3 Å². The highest BCUT2D eigenvalue weighted by Crippen LogP contribution is 2.37. The summed E-state index contributed by atoms with van der Waals surface area (Å²) in [4.78, 5) is 49.6. The molecule has 1 aromatic carbocycles. The molecule has 2 N–H and O–H groups in total. The van der Waals surface area contributed by atoms with Crippen molar-refractivity contribution in [1.82, 2.24) is 15.8 Å². The Labute approximate surface area is 156 Å². The first-order chi connectivity index (χ1) is 13.0. The predicted molar refractivity (Wildman–Crippen MR) is 93.2 cm³/mol. The molecule has 0 aromatic heterocycles. The lowest BCUT2D eigenvalue weighted by Gasteiger charge is -2.19. The summed E-state index contributed by atoms with van der Waals surface area (Å²) in [5.41, 5.74) is 5.15. The number of nitrogens with zero attached hydrogens (tertiary/aromatic N) is 1. The van der Waals surface area contributed by atoms with Crippen LogP contribution >= 0.6 is 0 Å². The molecule has 7 nitrogen and oxygen atoms in total. The molecule has 8 heteroatoms. The van der Waals surface area contributed by atoms with Gasteiger partial charge in [0.2, 0.25) is 23.6 Å². The average molecular weight is 375 g/mol. The molecule has 0 unspecified atom stereocenters.